The standard InChI is InChI=1S/C20H29N3O3/c24-14-2-13-23-16-20(9-5-19(23)26)8-1-12-22(15-20)18(25)4-3-17-6-10-21-11-7-17/h6-7,10-11,24H,1-5,8-9,12-16H2. The van der Waals surface area contributed by atoms with E-state index in [-0.39, 0.29) is 23.8 Å². The minimum Gasteiger partial charge on any atom is -0.396 e. The Morgan fingerprint density at radius 1 is 1.23 bits per heavy atom. The van der Waals surface area contributed by atoms with Crippen LogP contribution in [0.1, 0.15) is 44.1 Å². The Hall–Kier alpha value is -1.95. The topological polar surface area (TPSA) is 73.7 Å². The minimum atomic E-state index is 0.0357. The summed E-state index contributed by atoms with van der Waals surface area (Å²) in [6.07, 6.45) is 8.91. The van der Waals surface area contributed by atoms with E-state index in [2.05, 4.69) is 4.98 Å². The first-order valence-corrected chi connectivity index (χ1v) is 9.67. The van der Waals surface area contributed by atoms with Crippen molar-refractivity contribution >= 4 is 11.8 Å². The van der Waals surface area contributed by atoms with Crippen molar-refractivity contribution in [1.82, 2.24) is 14.8 Å². The molecule has 1 N–H and O–H groups in total. The van der Waals surface area contributed by atoms with Crippen LogP contribution in [0.15, 0.2) is 24.5 Å². The maximum Gasteiger partial charge on any atom is 0.222 e. The molecule has 2 aliphatic heterocycles. The van der Waals surface area contributed by atoms with E-state index >= 15 is 0 Å². The molecule has 2 aliphatic rings. The third kappa shape index (κ3) is 4.61. The molecule has 142 valence electrons. The van der Waals surface area contributed by atoms with E-state index in [0.29, 0.717) is 25.8 Å². The van der Waals surface area contributed by atoms with Crippen LogP contribution in [0.5, 0.6) is 0 Å². The third-order valence-corrected chi connectivity index (χ3v) is 5.73. The van der Waals surface area contributed by atoms with Gasteiger partial charge >= 0.3 is 0 Å². The monoisotopic (exact) mass is 359 g/mol. The Kier molecular flexibility index (Phi) is 6.25. The molecule has 6 nitrogen and oxygen atoms in total. The fourth-order valence-electron chi connectivity index (χ4n) is 4.28. The number of amides is 2. The summed E-state index contributed by atoms with van der Waals surface area (Å²) in [5, 5.41) is 9.06. The van der Waals surface area contributed by atoms with Crippen LogP contribution in [0.25, 0.3) is 0 Å². The van der Waals surface area contributed by atoms with Crippen LogP contribution in [-0.4, -0.2) is 64.5 Å². The maximum atomic E-state index is 12.7. The highest BCUT2D eigenvalue weighted by molar-refractivity contribution is 5.78. The van der Waals surface area contributed by atoms with Crippen LogP contribution in [0.3, 0.4) is 0 Å². The van der Waals surface area contributed by atoms with E-state index < -0.39 is 0 Å². The van der Waals surface area contributed by atoms with Gasteiger partial charge in [0.15, 0.2) is 0 Å². The molecule has 2 saturated heterocycles. The lowest BCUT2D eigenvalue weighted by Crippen LogP contribution is -2.55. The predicted molar refractivity (Wildman–Crippen MR) is 98.3 cm³/mol. The van der Waals surface area contributed by atoms with Gasteiger partial charge in [-0.25, -0.2) is 0 Å². The first-order chi connectivity index (χ1) is 12.6. The first kappa shape index (κ1) is 18.8. The number of rotatable bonds is 6. The highest BCUT2D eigenvalue weighted by Gasteiger charge is 2.42. The number of aryl methyl sites for hydroxylation is 1. The van der Waals surface area contributed by atoms with Crippen LogP contribution in [0.2, 0.25) is 0 Å². The largest absolute Gasteiger partial charge is 0.396 e. The molecule has 0 aliphatic carbocycles. The van der Waals surface area contributed by atoms with Crippen LogP contribution in [-0.2, 0) is 16.0 Å². The van der Waals surface area contributed by atoms with Crippen molar-refractivity contribution < 1.29 is 14.7 Å². The van der Waals surface area contributed by atoms with Gasteiger partial charge in [-0.15, -0.1) is 0 Å². The number of likely N-dealkylation sites (tertiary alicyclic amines) is 2. The second-order valence-corrected chi connectivity index (χ2v) is 7.67. The van der Waals surface area contributed by atoms with E-state index in [1.54, 1.807) is 12.4 Å². The average Bonchev–Trinajstić information content (AvgIpc) is 2.68. The van der Waals surface area contributed by atoms with Gasteiger partial charge in [0.1, 0.15) is 0 Å². The summed E-state index contributed by atoms with van der Waals surface area (Å²) in [7, 11) is 0. The van der Waals surface area contributed by atoms with Crippen molar-refractivity contribution in [3.05, 3.63) is 30.1 Å². The van der Waals surface area contributed by atoms with Crippen molar-refractivity contribution in [2.24, 2.45) is 5.41 Å². The smallest absolute Gasteiger partial charge is 0.222 e. The molecule has 1 aromatic rings. The lowest BCUT2D eigenvalue weighted by Gasteiger charge is -2.48. The molecule has 0 aromatic carbocycles. The normalized spacial score (nSPS) is 23.5. The van der Waals surface area contributed by atoms with E-state index in [0.717, 1.165) is 50.9 Å². The zero-order chi connectivity index (χ0) is 18.4. The number of aliphatic hydroxyl groups is 1. The van der Waals surface area contributed by atoms with Gasteiger partial charge < -0.3 is 14.9 Å². The van der Waals surface area contributed by atoms with Gasteiger partial charge in [0.25, 0.3) is 0 Å². The van der Waals surface area contributed by atoms with Crippen LogP contribution in [0.4, 0.5) is 0 Å². The molecule has 0 radical (unpaired) electrons. The average molecular weight is 359 g/mol. The Morgan fingerprint density at radius 3 is 2.81 bits per heavy atom. The van der Waals surface area contributed by atoms with Gasteiger partial charge in [0.2, 0.25) is 11.8 Å². The molecule has 1 aromatic heterocycles. The number of carbonyl (C=O) groups is 2. The summed E-state index contributed by atoms with van der Waals surface area (Å²) in [5.74, 6) is 0.393. The number of pyridine rings is 1. The molecular formula is C20H29N3O3. The SMILES string of the molecule is O=C(CCc1ccncc1)N1CCCC2(CCC(=O)N(CCCO)C2)C1. The lowest BCUT2D eigenvalue weighted by molar-refractivity contribution is -0.143. The van der Waals surface area contributed by atoms with Crippen molar-refractivity contribution in [2.75, 3.05) is 32.8 Å². The van der Waals surface area contributed by atoms with Crippen molar-refractivity contribution in [2.45, 2.75) is 44.9 Å². The fraction of sp³-hybridized carbons (Fsp3) is 0.650. The molecule has 26 heavy (non-hydrogen) atoms. The predicted octanol–water partition coefficient (Wildman–Crippen LogP) is 1.63. The second kappa shape index (κ2) is 8.62. The summed E-state index contributed by atoms with van der Waals surface area (Å²) in [4.78, 5) is 32.8. The summed E-state index contributed by atoms with van der Waals surface area (Å²) in [6, 6.07) is 3.91. The van der Waals surface area contributed by atoms with E-state index in [4.69, 9.17) is 5.11 Å². The summed E-state index contributed by atoms with van der Waals surface area (Å²) >= 11 is 0. The third-order valence-electron chi connectivity index (χ3n) is 5.73. The van der Waals surface area contributed by atoms with Gasteiger partial charge in [0.05, 0.1) is 0 Å². The number of hydrogen-bond acceptors (Lipinski definition) is 4. The van der Waals surface area contributed by atoms with E-state index in [1.165, 1.54) is 0 Å². The Balaban J connectivity index is 1.57. The van der Waals surface area contributed by atoms with Crippen molar-refractivity contribution in [3.63, 3.8) is 0 Å². The molecular weight excluding hydrogens is 330 g/mol. The quantitative estimate of drug-likeness (QED) is 0.838. The van der Waals surface area contributed by atoms with E-state index in [1.807, 2.05) is 21.9 Å². The molecule has 1 unspecified atom stereocenters. The molecule has 6 heteroatoms. The maximum absolute atomic E-state index is 12.7. The molecule has 3 rings (SSSR count). The number of carbonyl (C=O) groups excluding carboxylic acids is 2. The van der Waals surface area contributed by atoms with Crippen molar-refractivity contribution in [3.8, 4) is 0 Å². The Morgan fingerprint density at radius 2 is 2.04 bits per heavy atom. The molecule has 3 heterocycles. The number of aromatic nitrogens is 1. The molecule has 1 atom stereocenters. The molecule has 2 fully saturated rings. The zero-order valence-electron chi connectivity index (χ0n) is 15.4. The molecule has 0 bridgehead atoms. The second-order valence-electron chi connectivity index (χ2n) is 7.67. The van der Waals surface area contributed by atoms with Gasteiger partial charge in [-0.1, -0.05) is 0 Å². The zero-order valence-corrected chi connectivity index (χ0v) is 15.4. The van der Waals surface area contributed by atoms with Gasteiger partial charge in [0, 0.05) is 63.4 Å². The van der Waals surface area contributed by atoms with E-state index in [9.17, 15) is 9.59 Å². The summed E-state index contributed by atoms with van der Waals surface area (Å²) in [6.45, 7) is 3.02. The highest BCUT2D eigenvalue weighted by atomic mass is 16.3. The lowest BCUT2D eigenvalue weighted by atomic mass is 9.73. The van der Waals surface area contributed by atoms with Gasteiger partial charge in [-0.3, -0.25) is 14.6 Å². The number of piperidine rings is 2. The summed E-state index contributed by atoms with van der Waals surface area (Å²) in [5.41, 5.74) is 1.17. The summed E-state index contributed by atoms with van der Waals surface area (Å²) < 4.78 is 0. The minimum absolute atomic E-state index is 0.0357. The van der Waals surface area contributed by atoms with Crippen molar-refractivity contribution in [1.29, 1.82) is 0 Å². The first-order valence-electron chi connectivity index (χ1n) is 9.67. The molecule has 1 spiro atoms. The number of nitrogens with zero attached hydrogens (tertiary/aromatic N) is 3. The number of hydrogen-bond donors (Lipinski definition) is 1. The fourth-order valence-corrected chi connectivity index (χ4v) is 4.28. The van der Waals surface area contributed by atoms with Crippen LogP contribution < -0.4 is 0 Å². The number of aliphatic hydroxyl groups excluding tert-OH is 1. The van der Waals surface area contributed by atoms with Gasteiger partial charge in [-0.2, -0.15) is 0 Å². The molecule has 2 amide bonds. The Bertz CT molecular complexity index is 622. The van der Waals surface area contributed by atoms with Crippen LogP contribution in [0, 0.1) is 5.41 Å². The Labute approximate surface area is 155 Å². The van der Waals surface area contributed by atoms with Crippen LogP contribution >= 0.6 is 0 Å². The highest BCUT2D eigenvalue weighted by Crippen LogP contribution is 2.39. The van der Waals surface area contributed by atoms with Gasteiger partial charge in [-0.05, 0) is 49.8 Å². The molecule has 0 saturated carbocycles.